The predicted octanol–water partition coefficient (Wildman–Crippen LogP) is 6.71. The number of carbonyl (C=O) groups is 2. The Morgan fingerprint density at radius 3 is 2.33 bits per heavy atom. The van der Waals surface area contributed by atoms with E-state index >= 15 is 0 Å². The fourth-order valence-corrected chi connectivity index (χ4v) is 4.51. The number of rotatable bonds is 7. The Labute approximate surface area is 227 Å². The first-order chi connectivity index (χ1) is 18.7. The van der Waals surface area contributed by atoms with Gasteiger partial charge in [0.25, 0.3) is 5.91 Å². The van der Waals surface area contributed by atoms with E-state index in [0.717, 1.165) is 17.7 Å². The number of aromatic carboxylic acids is 1. The lowest BCUT2D eigenvalue weighted by atomic mass is 10.0. The summed E-state index contributed by atoms with van der Waals surface area (Å²) in [6.07, 6.45) is 2.04. The van der Waals surface area contributed by atoms with E-state index in [9.17, 15) is 18.4 Å². The first-order valence-electron chi connectivity index (χ1n) is 12.0. The molecule has 2 aromatic heterocycles. The lowest BCUT2D eigenvalue weighted by Crippen LogP contribution is -2.28. The summed E-state index contributed by atoms with van der Waals surface area (Å²) in [5.74, 6) is -2.81. The van der Waals surface area contributed by atoms with Crippen molar-refractivity contribution in [2.75, 3.05) is 0 Å². The number of nitrogens with zero attached hydrogens (tertiary/aromatic N) is 2. The smallest absolute Gasteiger partial charge is 0.335 e. The number of imidazole rings is 1. The maximum Gasteiger partial charge on any atom is 0.335 e. The third-order valence-electron chi connectivity index (χ3n) is 6.46. The van der Waals surface area contributed by atoms with Crippen molar-refractivity contribution in [2.24, 2.45) is 0 Å². The van der Waals surface area contributed by atoms with Gasteiger partial charge in [-0.1, -0.05) is 41.9 Å². The second-order valence-electron chi connectivity index (χ2n) is 9.12. The summed E-state index contributed by atoms with van der Waals surface area (Å²) in [5, 5.41) is 12.7. The molecule has 1 atom stereocenters. The molecule has 0 bridgehead atoms. The molecule has 0 spiro atoms. The number of hydrogen-bond donors (Lipinski definition) is 2. The Kier molecular flexibility index (Phi) is 7.13. The highest BCUT2D eigenvalue weighted by Gasteiger charge is 2.20. The summed E-state index contributed by atoms with van der Waals surface area (Å²) in [6, 6.07) is 20.0. The van der Waals surface area contributed by atoms with Crippen molar-refractivity contribution in [3.63, 3.8) is 0 Å². The number of hydrogen-bond acceptors (Lipinski definition) is 3. The van der Waals surface area contributed by atoms with Gasteiger partial charge in [-0.2, -0.15) is 0 Å². The zero-order valence-electron chi connectivity index (χ0n) is 20.7. The van der Waals surface area contributed by atoms with Gasteiger partial charge in [-0.15, -0.1) is 0 Å². The standard InChI is InChI=1S/C30H22ClF2N3O3/c1-17(19-4-6-20(7-5-19)30(38)39)35-29(37)27-15-22(21-8-11-25(32)26(33)14-21)13-24-16-34-28(36(24)27)12-18-2-9-23(31)10-3-18/h2-11,13-17H,12H2,1H3,(H,35,37)(H,38,39)/t17-/m0/s1. The minimum Gasteiger partial charge on any atom is -0.478 e. The molecular formula is C30H22ClF2N3O3. The average Bonchev–Trinajstić information content (AvgIpc) is 3.33. The summed E-state index contributed by atoms with van der Waals surface area (Å²) in [6.45, 7) is 1.78. The number of carboxylic acid groups (broad SMARTS) is 1. The first-order valence-corrected chi connectivity index (χ1v) is 12.4. The maximum absolute atomic E-state index is 14.0. The van der Waals surface area contributed by atoms with Crippen LogP contribution in [0.5, 0.6) is 0 Å². The van der Waals surface area contributed by atoms with Crippen molar-refractivity contribution in [2.45, 2.75) is 19.4 Å². The Hall–Kier alpha value is -4.56. The van der Waals surface area contributed by atoms with Crippen molar-refractivity contribution in [3.05, 3.63) is 130 Å². The molecule has 196 valence electrons. The maximum atomic E-state index is 14.0. The second-order valence-corrected chi connectivity index (χ2v) is 9.55. The van der Waals surface area contributed by atoms with Crippen LogP contribution in [-0.2, 0) is 6.42 Å². The molecule has 0 fully saturated rings. The summed E-state index contributed by atoms with van der Waals surface area (Å²) < 4.78 is 29.4. The largest absolute Gasteiger partial charge is 0.478 e. The number of halogens is 3. The van der Waals surface area contributed by atoms with Crippen LogP contribution in [0.3, 0.4) is 0 Å². The zero-order valence-corrected chi connectivity index (χ0v) is 21.4. The van der Waals surface area contributed by atoms with Gasteiger partial charge in [0.2, 0.25) is 0 Å². The topological polar surface area (TPSA) is 83.7 Å². The molecule has 0 saturated carbocycles. The Balaban J connectivity index is 1.56. The Morgan fingerprint density at radius 2 is 1.67 bits per heavy atom. The molecule has 0 aliphatic carbocycles. The average molecular weight is 546 g/mol. The van der Waals surface area contributed by atoms with E-state index in [1.54, 1.807) is 53.9 Å². The van der Waals surface area contributed by atoms with Crippen LogP contribution in [0.25, 0.3) is 16.6 Å². The van der Waals surface area contributed by atoms with Crippen LogP contribution in [0.2, 0.25) is 5.02 Å². The SMILES string of the molecule is C[C@H](NC(=O)c1cc(-c2ccc(F)c(F)c2)cc2cnc(Cc3ccc(Cl)cc3)n12)c1ccc(C(=O)O)cc1. The van der Waals surface area contributed by atoms with Gasteiger partial charge in [0.05, 0.1) is 23.3 Å². The van der Waals surface area contributed by atoms with Gasteiger partial charge >= 0.3 is 5.97 Å². The number of fused-ring (bicyclic) bond motifs is 1. The number of pyridine rings is 1. The number of amides is 1. The van der Waals surface area contributed by atoms with E-state index in [-0.39, 0.29) is 11.3 Å². The van der Waals surface area contributed by atoms with Gasteiger partial charge in [-0.05, 0) is 77.7 Å². The normalized spacial score (nSPS) is 11.9. The van der Waals surface area contributed by atoms with Gasteiger partial charge in [0.1, 0.15) is 11.5 Å². The molecule has 0 unspecified atom stereocenters. The highest BCUT2D eigenvalue weighted by atomic mass is 35.5. The van der Waals surface area contributed by atoms with Gasteiger partial charge in [0, 0.05) is 11.4 Å². The molecule has 2 heterocycles. The van der Waals surface area contributed by atoms with Crippen LogP contribution in [0.1, 0.15) is 50.8 Å². The number of aromatic nitrogens is 2. The van der Waals surface area contributed by atoms with Crippen molar-refractivity contribution >= 4 is 29.0 Å². The minimum atomic E-state index is -1.04. The quantitative estimate of drug-likeness (QED) is 0.238. The van der Waals surface area contributed by atoms with Crippen LogP contribution in [-0.4, -0.2) is 26.4 Å². The minimum absolute atomic E-state index is 0.142. The molecule has 0 aliphatic rings. The number of carbonyl (C=O) groups excluding carboxylic acids is 1. The van der Waals surface area contributed by atoms with Crippen molar-refractivity contribution in [3.8, 4) is 11.1 Å². The van der Waals surface area contributed by atoms with Crippen LogP contribution < -0.4 is 5.32 Å². The monoisotopic (exact) mass is 545 g/mol. The van der Waals surface area contributed by atoms with E-state index in [0.29, 0.717) is 39.5 Å². The van der Waals surface area contributed by atoms with Gasteiger partial charge in [-0.3, -0.25) is 9.20 Å². The predicted molar refractivity (Wildman–Crippen MR) is 144 cm³/mol. The Morgan fingerprint density at radius 1 is 0.949 bits per heavy atom. The van der Waals surface area contributed by atoms with Crippen molar-refractivity contribution in [1.29, 1.82) is 0 Å². The molecule has 39 heavy (non-hydrogen) atoms. The van der Waals surface area contributed by atoms with Crippen LogP contribution in [0.15, 0.2) is 85.1 Å². The third kappa shape index (κ3) is 5.51. The number of nitrogens with one attached hydrogen (secondary N) is 1. The fourth-order valence-electron chi connectivity index (χ4n) is 4.39. The van der Waals surface area contributed by atoms with E-state index in [4.69, 9.17) is 16.7 Å². The van der Waals surface area contributed by atoms with Crippen LogP contribution in [0.4, 0.5) is 8.78 Å². The molecule has 5 aromatic rings. The summed E-state index contributed by atoms with van der Waals surface area (Å²) in [4.78, 5) is 29.4. The molecule has 5 rings (SSSR count). The van der Waals surface area contributed by atoms with Crippen LogP contribution in [0, 0.1) is 11.6 Å². The van der Waals surface area contributed by atoms with Crippen molar-refractivity contribution in [1.82, 2.24) is 14.7 Å². The highest BCUT2D eigenvalue weighted by Crippen LogP contribution is 2.27. The van der Waals surface area contributed by atoms with Gasteiger partial charge in [0.15, 0.2) is 11.6 Å². The van der Waals surface area contributed by atoms with E-state index < -0.39 is 29.6 Å². The molecule has 3 aromatic carbocycles. The molecule has 0 radical (unpaired) electrons. The van der Waals surface area contributed by atoms with Crippen LogP contribution >= 0.6 is 11.6 Å². The molecule has 1 amide bonds. The molecule has 9 heteroatoms. The third-order valence-corrected chi connectivity index (χ3v) is 6.72. The number of benzene rings is 3. The number of carboxylic acids is 1. The van der Waals surface area contributed by atoms with E-state index in [1.165, 1.54) is 18.2 Å². The first kappa shape index (κ1) is 26.1. The summed E-state index contributed by atoms with van der Waals surface area (Å²) >= 11 is 6.02. The zero-order chi connectivity index (χ0) is 27.7. The molecule has 6 nitrogen and oxygen atoms in total. The summed E-state index contributed by atoms with van der Waals surface area (Å²) in [7, 11) is 0. The van der Waals surface area contributed by atoms with Gasteiger partial charge < -0.3 is 10.4 Å². The lowest BCUT2D eigenvalue weighted by molar-refractivity contribution is 0.0696. The summed E-state index contributed by atoms with van der Waals surface area (Å²) in [5.41, 5.74) is 3.57. The second kappa shape index (κ2) is 10.7. The fraction of sp³-hybridized carbons (Fsp3) is 0.100. The lowest BCUT2D eigenvalue weighted by Gasteiger charge is -2.17. The molecular weight excluding hydrogens is 524 g/mol. The molecule has 2 N–H and O–H groups in total. The molecule has 0 aliphatic heterocycles. The van der Waals surface area contributed by atoms with Crippen molar-refractivity contribution < 1.29 is 23.5 Å². The van der Waals surface area contributed by atoms with Gasteiger partial charge in [-0.25, -0.2) is 18.6 Å². The molecule has 0 saturated heterocycles. The highest BCUT2D eigenvalue weighted by molar-refractivity contribution is 6.30. The van der Waals surface area contributed by atoms with E-state index in [2.05, 4.69) is 10.3 Å². The Bertz CT molecular complexity index is 1700. The van der Waals surface area contributed by atoms with E-state index in [1.807, 2.05) is 12.1 Å².